The van der Waals surface area contributed by atoms with E-state index < -0.39 is 0 Å². The van der Waals surface area contributed by atoms with Gasteiger partial charge >= 0.3 is 0 Å². The Bertz CT molecular complexity index is 352. The van der Waals surface area contributed by atoms with Crippen molar-refractivity contribution in [2.45, 2.75) is 19.8 Å². The summed E-state index contributed by atoms with van der Waals surface area (Å²) in [5.41, 5.74) is 0. The van der Waals surface area contributed by atoms with Crippen LogP contribution in [0, 0.1) is 5.92 Å². The van der Waals surface area contributed by atoms with Gasteiger partial charge in [-0.15, -0.1) is 0 Å². The van der Waals surface area contributed by atoms with Crippen LogP contribution in [0.5, 0.6) is 5.75 Å². The predicted molar refractivity (Wildman–Crippen MR) is 64.0 cm³/mol. The number of rotatable bonds is 6. The van der Waals surface area contributed by atoms with Crippen molar-refractivity contribution in [1.29, 1.82) is 0 Å². The summed E-state index contributed by atoms with van der Waals surface area (Å²) in [4.78, 5) is 8.36. The van der Waals surface area contributed by atoms with Crippen LogP contribution in [-0.2, 0) is 0 Å². The summed E-state index contributed by atoms with van der Waals surface area (Å²) < 4.78 is 5.33. The second-order valence-corrected chi connectivity index (χ2v) is 3.96. The molecule has 0 aromatic carbocycles. The van der Waals surface area contributed by atoms with Crippen molar-refractivity contribution in [2.75, 3.05) is 30.8 Å². The molecule has 5 nitrogen and oxygen atoms in total. The second kappa shape index (κ2) is 5.01. The lowest BCUT2D eigenvalue weighted by Crippen LogP contribution is -2.09. The molecule has 1 saturated carbocycles. The van der Waals surface area contributed by atoms with Crippen molar-refractivity contribution >= 4 is 11.6 Å². The Morgan fingerprint density at radius 3 is 2.56 bits per heavy atom. The molecule has 16 heavy (non-hydrogen) atoms. The summed E-state index contributed by atoms with van der Waals surface area (Å²) in [5, 5.41) is 6.46. The largest absolute Gasteiger partial charge is 0.490 e. The SMILES string of the molecule is CCNc1ncnc(NCC2CC2)c1OC. The first-order chi connectivity index (χ1) is 7.85. The average molecular weight is 222 g/mol. The summed E-state index contributed by atoms with van der Waals surface area (Å²) in [7, 11) is 1.64. The first-order valence-electron chi connectivity index (χ1n) is 5.71. The fourth-order valence-electron chi connectivity index (χ4n) is 1.55. The van der Waals surface area contributed by atoms with Gasteiger partial charge in [0, 0.05) is 13.1 Å². The lowest BCUT2D eigenvalue weighted by molar-refractivity contribution is 0.414. The van der Waals surface area contributed by atoms with Gasteiger partial charge < -0.3 is 15.4 Å². The van der Waals surface area contributed by atoms with Crippen LogP contribution in [-0.4, -0.2) is 30.2 Å². The van der Waals surface area contributed by atoms with E-state index in [-0.39, 0.29) is 0 Å². The van der Waals surface area contributed by atoms with Crippen LogP contribution < -0.4 is 15.4 Å². The molecule has 0 aliphatic heterocycles. The lowest BCUT2D eigenvalue weighted by atomic mass is 10.4. The molecule has 0 saturated heterocycles. The molecule has 1 aromatic rings. The molecule has 88 valence electrons. The van der Waals surface area contributed by atoms with Gasteiger partial charge in [0.25, 0.3) is 0 Å². The normalized spacial score (nSPS) is 14.6. The van der Waals surface area contributed by atoms with Crippen LogP contribution >= 0.6 is 0 Å². The number of hydrogen-bond donors (Lipinski definition) is 2. The molecular formula is C11H18N4O. The van der Waals surface area contributed by atoms with Gasteiger partial charge in [-0.05, 0) is 25.7 Å². The van der Waals surface area contributed by atoms with Gasteiger partial charge in [-0.1, -0.05) is 0 Å². The molecule has 2 rings (SSSR count). The predicted octanol–water partition coefficient (Wildman–Crippen LogP) is 1.74. The Kier molecular flexibility index (Phi) is 3.44. The molecule has 0 spiro atoms. The van der Waals surface area contributed by atoms with Crippen molar-refractivity contribution in [3.8, 4) is 5.75 Å². The summed E-state index contributed by atoms with van der Waals surface area (Å²) in [6, 6.07) is 0. The van der Waals surface area contributed by atoms with Crippen molar-refractivity contribution in [1.82, 2.24) is 9.97 Å². The zero-order valence-corrected chi connectivity index (χ0v) is 9.79. The van der Waals surface area contributed by atoms with E-state index in [2.05, 4.69) is 20.6 Å². The number of nitrogens with one attached hydrogen (secondary N) is 2. The third-order valence-electron chi connectivity index (χ3n) is 2.61. The maximum atomic E-state index is 5.33. The third-order valence-corrected chi connectivity index (χ3v) is 2.61. The van der Waals surface area contributed by atoms with Crippen LogP contribution in [0.25, 0.3) is 0 Å². The first-order valence-corrected chi connectivity index (χ1v) is 5.71. The maximum Gasteiger partial charge on any atom is 0.204 e. The summed E-state index contributed by atoms with van der Waals surface area (Å²) >= 11 is 0. The molecule has 0 amide bonds. The number of aromatic nitrogens is 2. The molecule has 0 unspecified atom stereocenters. The van der Waals surface area contributed by atoms with E-state index in [0.717, 1.165) is 30.6 Å². The fourth-order valence-corrected chi connectivity index (χ4v) is 1.55. The smallest absolute Gasteiger partial charge is 0.204 e. The fraction of sp³-hybridized carbons (Fsp3) is 0.636. The molecule has 1 aliphatic carbocycles. The number of nitrogens with zero attached hydrogens (tertiary/aromatic N) is 2. The number of ether oxygens (including phenoxy) is 1. The van der Waals surface area contributed by atoms with Gasteiger partial charge in [-0.2, -0.15) is 0 Å². The van der Waals surface area contributed by atoms with E-state index in [1.54, 1.807) is 13.4 Å². The highest BCUT2D eigenvalue weighted by atomic mass is 16.5. The van der Waals surface area contributed by atoms with E-state index in [0.29, 0.717) is 5.75 Å². The van der Waals surface area contributed by atoms with Crippen LogP contribution in [0.4, 0.5) is 11.6 Å². The lowest BCUT2D eigenvalue weighted by Gasteiger charge is -2.13. The van der Waals surface area contributed by atoms with Gasteiger partial charge in [0.2, 0.25) is 5.75 Å². The zero-order valence-electron chi connectivity index (χ0n) is 9.79. The molecule has 0 radical (unpaired) electrons. The maximum absolute atomic E-state index is 5.33. The minimum Gasteiger partial charge on any atom is -0.490 e. The summed E-state index contributed by atoms with van der Waals surface area (Å²) in [5.74, 6) is 3.03. The topological polar surface area (TPSA) is 59.1 Å². The van der Waals surface area contributed by atoms with E-state index in [4.69, 9.17) is 4.74 Å². The minimum atomic E-state index is 0.699. The number of anilines is 2. The number of hydrogen-bond acceptors (Lipinski definition) is 5. The summed E-state index contributed by atoms with van der Waals surface area (Å²) in [6.45, 7) is 3.81. The van der Waals surface area contributed by atoms with Gasteiger partial charge in [0.15, 0.2) is 11.6 Å². The molecule has 1 aliphatic rings. The highest BCUT2D eigenvalue weighted by Crippen LogP contribution is 2.32. The quantitative estimate of drug-likeness (QED) is 0.767. The Morgan fingerprint density at radius 2 is 2.00 bits per heavy atom. The Hall–Kier alpha value is -1.52. The average Bonchev–Trinajstić information content (AvgIpc) is 3.11. The highest BCUT2D eigenvalue weighted by molar-refractivity contribution is 5.63. The molecule has 1 aromatic heterocycles. The molecule has 5 heteroatoms. The molecule has 2 N–H and O–H groups in total. The second-order valence-electron chi connectivity index (χ2n) is 3.96. The van der Waals surface area contributed by atoms with Crippen molar-refractivity contribution < 1.29 is 4.74 Å². The Labute approximate surface area is 95.6 Å². The van der Waals surface area contributed by atoms with Crippen LogP contribution in [0.1, 0.15) is 19.8 Å². The molecule has 1 heterocycles. The van der Waals surface area contributed by atoms with Crippen LogP contribution in [0.3, 0.4) is 0 Å². The van der Waals surface area contributed by atoms with Gasteiger partial charge in [-0.3, -0.25) is 0 Å². The van der Waals surface area contributed by atoms with Gasteiger partial charge in [0.1, 0.15) is 6.33 Å². The Morgan fingerprint density at radius 1 is 1.31 bits per heavy atom. The van der Waals surface area contributed by atoms with E-state index >= 15 is 0 Å². The first kappa shape index (κ1) is 11.0. The third kappa shape index (κ3) is 2.53. The van der Waals surface area contributed by atoms with Crippen molar-refractivity contribution in [3.63, 3.8) is 0 Å². The highest BCUT2D eigenvalue weighted by Gasteiger charge is 2.22. The standard InChI is InChI=1S/C11H18N4O/c1-3-12-10-9(16-2)11(15-7-14-10)13-6-8-4-5-8/h7-8H,3-6H2,1-2H3,(H2,12,13,14,15). The monoisotopic (exact) mass is 222 g/mol. The van der Waals surface area contributed by atoms with E-state index in [9.17, 15) is 0 Å². The van der Waals surface area contributed by atoms with Crippen LogP contribution in [0.2, 0.25) is 0 Å². The van der Waals surface area contributed by atoms with E-state index in [1.807, 2.05) is 6.92 Å². The van der Waals surface area contributed by atoms with Crippen molar-refractivity contribution in [2.24, 2.45) is 5.92 Å². The Balaban J connectivity index is 2.10. The molecule has 0 atom stereocenters. The summed E-state index contributed by atoms with van der Waals surface area (Å²) in [6.07, 6.45) is 4.19. The molecule has 1 fully saturated rings. The van der Waals surface area contributed by atoms with E-state index in [1.165, 1.54) is 12.8 Å². The van der Waals surface area contributed by atoms with Gasteiger partial charge in [-0.25, -0.2) is 9.97 Å². The molecule has 0 bridgehead atoms. The molecular weight excluding hydrogens is 204 g/mol. The van der Waals surface area contributed by atoms with Crippen LogP contribution in [0.15, 0.2) is 6.33 Å². The zero-order chi connectivity index (χ0) is 11.4. The van der Waals surface area contributed by atoms with Gasteiger partial charge in [0.05, 0.1) is 7.11 Å². The number of methoxy groups -OCH3 is 1. The van der Waals surface area contributed by atoms with Crippen molar-refractivity contribution in [3.05, 3.63) is 6.33 Å². The minimum absolute atomic E-state index is 0.699.